The van der Waals surface area contributed by atoms with E-state index in [4.69, 9.17) is 9.52 Å². The van der Waals surface area contributed by atoms with Crippen LogP contribution >= 0.6 is 0 Å². The second kappa shape index (κ2) is 7.99. The number of carboxylic acid groups (broad SMARTS) is 1. The first kappa shape index (κ1) is 19.5. The van der Waals surface area contributed by atoms with Crippen LogP contribution < -0.4 is 0 Å². The topological polar surface area (TPSA) is 63.3 Å². The van der Waals surface area contributed by atoms with E-state index in [1.54, 1.807) is 6.07 Å². The van der Waals surface area contributed by atoms with E-state index in [0.717, 1.165) is 52.6 Å². The second-order valence-electron chi connectivity index (χ2n) is 8.10. The van der Waals surface area contributed by atoms with Gasteiger partial charge in [0.25, 0.3) is 0 Å². The first-order valence-corrected chi connectivity index (χ1v) is 10.6. The van der Waals surface area contributed by atoms with Gasteiger partial charge in [-0.25, -0.2) is 4.39 Å². The maximum absolute atomic E-state index is 14.2. The third kappa shape index (κ3) is 3.96. The number of nitrogens with zero attached hydrogens (tertiary/aromatic N) is 1. The molecule has 2 aromatic carbocycles. The van der Waals surface area contributed by atoms with Crippen molar-refractivity contribution in [2.24, 2.45) is 0 Å². The molecule has 0 aliphatic heterocycles. The van der Waals surface area contributed by atoms with Gasteiger partial charge in [0.15, 0.2) is 0 Å². The van der Waals surface area contributed by atoms with Crippen LogP contribution in [0.4, 0.5) is 4.39 Å². The van der Waals surface area contributed by atoms with E-state index in [1.807, 2.05) is 30.5 Å². The summed E-state index contributed by atoms with van der Waals surface area (Å²) in [7, 11) is 0. The molecule has 0 spiro atoms. The molecule has 2 heterocycles. The van der Waals surface area contributed by atoms with Gasteiger partial charge in [-0.05, 0) is 85.2 Å². The summed E-state index contributed by atoms with van der Waals surface area (Å²) in [5.74, 6) is -0.498. The van der Waals surface area contributed by atoms with Crippen molar-refractivity contribution in [1.82, 2.24) is 4.98 Å². The Morgan fingerprint density at radius 2 is 1.97 bits per heavy atom. The zero-order valence-electron chi connectivity index (χ0n) is 17.0. The number of fused-ring (bicyclic) bond motifs is 2. The lowest BCUT2D eigenvalue weighted by atomic mass is 9.97. The van der Waals surface area contributed by atoms with Crippen molar-refractivity contribution in [2.45, 2.75) is 38.5 Å². The summed E-state index contributed by atoms with van der Waals surface area (Å²) in [5, 5.41) is 9.76. The highest BCUT2D eigenvalue weighted by Gasteiger charge is 2.17. The molecule has 0 bridgehead atoms. The molecule has 0 fully saturated rings. The Morgan fingerprint density at radius 3 is 2.84 bits per heavy atom. The smallest absolute Gasteiger partial charge is 0.303 e. The summed E-state index contributed by atoms with van der Waals surface area (Å²) in [6, 6.07) is 14.7. The molecule has 1 aliphatic carbocycles. The zero-order valence-corrected chi connectivity index (χ0v) is 17.0. The number of carboxylic acids is 1. The Labute approximate surface area is 179 Å². The number of aryl methyl sites for hydroxylation is 3. The number of aliphatic carboxylic acids is 1. The summed E-state index contributed by atoms with van der Waals surface area (Å²) >= 11 is 0. The first-order valence-electron chi connectivity index (χ1n) is 10.6. The molecule has 4 aromatic rings. The van der Waals surface area contributed by atoms with Gasteiger partial charge in [0, 0.05) is 34.8 Å². The van der Waals surface area contributed by atoms with Crippen LogP contribution in [0.1, 0.15) is 36.1 Å². The van der Waals surface area contributed by atoms with Gasteiger partial charge in [-0.3, -0.25) is 9.78 Å². The van der Waals surface area contributed by atoms with Crippen molar-refractivity contribution < 1.29 is 18.7 Å². The minimum absolute atomic E-state index is 0.149. The number of carbonyl (C=O) groups is 1. The van der Waals surface area contributed by atoms with Crippen LogP contribution in [0.2, 0.25) is 0 Å². The molecular formula is C26H22FNO3. The predicted molar refractivity (Wildman–Crippen MR) is 117 cm³/mol. The minimum Gasteiger partial charge on any atom is -0.481 e. The number of furan rings is 1. The molecule has 0 radical (unpaired) electrons. The van der Waals surface area contributed by atoms with Crippen molar-refractivity contribution in [2.75, 3.05) is 0 Å². The molecule has 1 aliphatic rings. The van der Waals surface area contributed by atoms with Crippen molar-refractivity contribution in [1.29, 1.82) is 0 Å². The quantitative estimate of drug-likeness (QED) is 0.407. The Hall–Kier alpha value is -3.47. The number of benzene rings is 2. The standard InChI is InChI=1S/C26H22FNO3/c27-20-8-9-21(19-12-17-4-2-5-23(17)28-15-19)22(14-20)25-13-18-11-16(3-1-6-26(29)30)7-10-24(18)31-25/h7-15H,1-6H2,(H,29,30). The van der Waals surface area contributed by atoms with E-state index in [0.29, 0.717) is 24.2 Å². The second-order valence-corrected chi connectivity index (χ2v) is 8.10. The third-order valence-corrected chi connectivity index (χ3v) is 5.91. The fraction of sp³-hybridized carbons (Fsp3) is 0.231. The molecule has 2 aromatic heterocycles. The number of hydrogen-bond acceptors (Lipinski definition) is 3. The van der Waals surface area contributed by atoms with Gasteiger partial charge in [0.1, 0.15) is 17.2 Å². The Balaban J connectivity index is 1.52. The number of hydrogen-bond donors (Lipinski definition) is 1. The van der Waals surface area contributed by atoms with Crippen LogP contribution in [0.5, 0.6) is 0 Å². The maximum atomic E-state index is 14.2. The van der Waals surface area contributed by atoms with E-state index in [9.17, 15) is 9.18 Å². The SMILES string of the molecule is O=C(O)CCCc1ccc2oc(-c3cc(F)ccc3-c3cnc4c(c3)CCC4)cc2c1. The van der Waals surface area contributed by atoms with E-state index >= 15 is 0 Å². The molecule has 1 N–H and O–H groups in total. The van der Waals surface area contributed by atoms with Gasteiger partial charge in [-0.1, -0.05) is 12.1 Å². The zero-order chi connectivity index (χ0) is 21.4. The molecule has 5 heteroatoms. The van der Waals surface area contributed by atoms with Gasteiger partial charge in [0.05, 0.1) is 0 Å². The minimum atomic E-state index is -0.786. The number of rotatable bonds is 6. The fourth-order valence-electron chi connectivity index (χ4n) is 4.37. The lowest BCUT2D eigenvalue weighted by Gasteiger charge is -2.09. The van der Waals surface area contributed by atoms with Crippen molar-refractivity contribution >= 4 is 16.9 Å². The Kier molecular flexibility index (Phi) is 5.02. The van der Waals surface area contributed by atoms with E-state index in [-0.39, 0.29) is 12.2 Å². The monoisotopic (exact) mass is 415 g/mol. The third-order valence-electron chi connectivity index (χ3n) is 5.91. The van der Waals surface area contributed by atoms with Gasteiger partial charge >= 0.3 is 5.97 Å². The van der Waals surface area contributed by atoms with Gasteiger partial charge in [0.2, 0.25) is 0 Å². The first-order chi connectivity index (χ1) is 15.1. The highest BCUT2D eigenvalue weighted by Crippen LogP contribution is 2.37. The maximum Gasteiger partial charge on any atom is 0.303 e. The molecule has 0 amide bonds. The van der Waals surface area contributed by atoms with Gasteiger partial charge in [-0.15, -0.1) is 0 Å². The van der Waals surface area contributed by atoms with Crippen LogP contribution in [0.3, 0.4) is 0 Å². The van der Waals surface area contributed by atoms with Crippen LogP contribution in [0, 0.1) is 5.82 Å². The molecule has 0 saturated carbocycles. The fourth-order valence-corrected chi connectivity index (χ4v) is 4.37. The van der Waals surface area contributed by atoms with Crippen molar-refractivity contribution in [3.8, 4) is 22.5 Å². The van der Waals surface area contributed by atoms with Gasteiger partial charge in [-0.2, -0.15) is 0 Å². The lowest BCUT2D eigenvalue weighted by molar-refractivity contribution is -0.137. The molecule has 5 rings (SSSR count). The number of aromatic nitrogens is 1. The highest BCUT2D eigenvalue weighted by atomic mass is 19.1. The van der Waals surface area contributed by atoms with E-state index < -0.39 is 5.97 Å². The van der Waals surface area contributed by atoms with Crippen LogP contribution in [0.15, 0.2) is 59.1 Å². The summed E-state index contributed by atoms with van der Waals surface area (Å²) in [6.07, 6.45) is 6.46. The van der Waals surface area contributed by atoms with Crippen molar-refractivity contribution in [3.63, 3.8) is 0 Å². The normalized spacial score (nSPS) is 12.9. The number of halogens is 1. The molecule has 156 valence electrons. The Morgan fingerprint density at radius 1 is 1.06 bits per heavy atom. The van der Waals surface area contributed by atoms with Crippen LogP contribution in [0.25, 0.3) is 33.4 Å². The average molecular weight is 415 g/mol. The van der Waals surface area contributed by atoms with Crippen LogP contribution in [-0.2, 0) is 24.1 Å². The summed E-state index contributed by atoms with van der Waals surface area (Å²) < 4.78 is 20.3. The van der Waals surface area contributed by atoms with Crippen LogP contribution in [-0.4, -0.2) is 16.1 Å². The lowest BCUT2D eigenvalue weighted by Crippen LogP contribution is -1.95. The van der Waals surface area contributed by atoms with Gasteiger partial charge < -0.3 is 9.52 Å². The average Bonchev–Trinajstić information content (AvgIpc) is 3.39. The summed E-state index contributed by atoms with van der Waals surface area (Å²) in [6.45, 7) is 0. The molecule has 31 heavy (non-hydrogen) atoms. The highest BCUT2D eigenvalue weighted by molar-refractivity contribution is 5.88. The molecule has 0 unspecified atom stereocenters. The molecule has 0 atom stereocenters. The largest absolute Gasteiger partial charge is 0.481 e. The van der Waals surface area contributed by atoms with Crippen molar-refractivity contribution in [3.05, 3.63) is 77.4 Å². The molecule has 0 saturated heterocycles. The summed E-state index contributed by atoms with van der Waals surface area (Å²) in [5.41, 5.74) is 6.76. The summed E-state index contributed by atoms with van der Waals surface area (Å²) in [4.78, 5) is 15.4. The predicted octanol–water partition coefficient (Wildman–Crippen LogP) is 6.20. The van der Waals surface area contributed by atoms with E-state index in [1.165, 1.54) is 17.7 Å². The Bertz CT molecular complexity index is 1290. The molecule has 4 nitrogen and oxygen atoms in total. The van der Waals surface area contributed by atoms with E-state index in [2.05, 4.69) is 11.1 Å². The molecular weight excluding hydrogens is 393 g/mol. The number of pyridine rings is 1.